The van der Waals surface area contributed by atoms with Crippen molar-refractivity contribution in [1.29, 1.82) is 0 Å². The molecule has 70 valence electrons. The summed E-state index contributed by atoms with van der Waals surface area (Å²) in [5.74, 6) is 5.13. The third-order valence-corrected chi connectivity index (χ3v) is 2.14. The van der Waals surface area contributed by atoms with Crippen molar-refractivity contribution in [2.45, 2.75) is 38.2 Å². The Morgan fingerprint density at radius 3 is 2.85 bits per heavy atom. The van der Waals surface area contributed by atoms with Crippen LogP contribution >= 0.6 is 0 Å². The maximum Gasteiger partial charge on any atom is 0.184 e. The Morgan fingerprint density at radius 2 is 2.31 bits per heavy atom. The first-order chi connectivity index (χ1) is 6.04. The van der Waals surface area contributed by atoms with Gasteiger partial charge in [-0.25, -0.2) is 0 Å². The number of allylic oxidation sites excluding steroid dienone is 1. The van der Waals surface area contributed by atoms with Crippen LogP contribution < -0.4 is 0 Å². The molecular formula is C11H14O2. The van der Waals surface area contributed by atoms with Gasteiger partial charge in [-0.15, -0.1) is 0 Å². The second-order valence-corrected chi connectivity index (χ2v) is 3.52. The number of carbonyl (C=O) groups is 1. The quantitative estimate of drug-likeness (QED) is 0.570. The molecule has 1 unspecified atom stereocenters. The minimum atomic E-state index is -1.39. The number of carbonyl (C=O) groups excluding carboxylic acids is 1. The topological polar surface area (TPSA) is 37.3 Å². The Morgan fingerprint density at radius 1 is 1.62 bits per heavy atom. The van der Waals surface area contributed by atoms with Crippen LogP contribution in [0, 0.1) is 11.8 Å². The first-order valence-electron chi connectivity index (χ1n) is 4.49. The number of Topliss-reactive ketones (excluding diaryl/α,β-unsaturated/α-hetero) is 1. The van der Waals surface area contributed by atoms with E-state index in [1.54, 1.807) is 6.92 Å². The third-order valence-electron chi connectivity index (χ3n) is 2.14. The Kier molecular flexibility index (Phi) is 2.90. The number of ketones is 1. The molecular weight excluding hydrogens is 164 g/mol. The van der Waals surface area contributed by atoms with Crippen LogP contribution in [0.15, 0.2) is 12.2 Å². The molecule has 0 aliphatic heterocycles. The summed E-state index contributed by atoms with van der Waals surface area (Å²) in [4.78, 5) is 11.3. The Labute approximate surface area is 78.6 Å². The molecule has 0 aromatic carbocycles. The average molecular weight is 178 g/mol. The van der Waals surface area contributed by atoms with Gasteiger partial charge in [0.1, 0.15) is 0 Å². The lowest BCUT2D eigenvalue weighted by Gasteiger charge is -2.24. The third kappa shape index (κ3) is 2.43. The summed E-state index contributed by atoms with van der Waals surface area (Å²) in [7, 11) is 0. The molecule has 1 fully saturated rings. The molecule has 1 rings (SSSR count). The smallest absolute Gasteiger partial charge is 0.184 e. The van der Waals surface area contributed by atoms with Crippen LogP contribution in [0.4, 0.5) is 0 Å². The molecule has 0 heterocycles. The van der Waals surface area contributed by atoms with E-state index in [0.29, 0.717) is 18.4 Å². The van der Waals surface area contributed by atoms with Crippen LogP contribution in [0.3, 0.4) is 0 Å². The van der Waals surface area contributed by atoms with Gasteiger partial charge in [-0.05, 0) is 31.8 Å². The molecule has 1 aliphatic rings. The lowest BCUT2D eigenvalue weighted by molar-refractivity contribution is -0.134. The summed E-state index contributed by atoms with van der Waals surface area (Å²) in [6.45, 7) is 5.35. The van der Waals surface area contributed by atoms with Crippen LogP contribution in [0.1, 0.15) is 32.6 Å². The largest absolute Gasteiger partial charge is 0.371 e. The van der Waals surface area contributed by atoms with Gasteiger partial charge >= 0.3 is 0 Å². The number of aliphatic hydroxyl groups is 1. The van der Waals surface area contributed by atoms with Crippen LogP contribution in [-0.2, 0) is 4.79 Å². The summed E-state index contributed by atoms with van der Waals surface area (Å²) < 4.78 is 0. The van der Waals surface area contributed by atoms with Gasteiger partial charge in [-0.2, -0.15) is 0 Å². The normalized spacial score (nSPS) is 27.7. The summed E-state index contributed by atoms with van der Waals surface area (Å²) in [5, 5.41) is 9.82. The molecule has 0 bridgehead atoms. The Bertz CT molecular complexity index is 293. The first-order valence-corrected chi connectivity index (χ1v) is 4.49. The highest BCUT2D eigenvalue weighted by molar-refractivity contribution is 5.91. The molecule has 2 nitrogen and oxygen atoms in total. The van der Waals surface area contributed by atoms with Gasteiger partial charge in [-0.1, -0.05) is 18.4 Å². The predicted molar refractivity (Wildman–Crippen MR) is 51.0 cm³/mol. The zero-order valence-electron chi connectivity index (χ0n) is 7.89. The average Bonchev–Trinajstić information content (AvgIpc) is 2.07. The summed E-state index contributed by atoms with van der Waals surface area (Å²) in [6, 6.07) is 0. The zero-order chi connectivity index (χ0) is 9.90. The van der Waals surface area contributed by atoms with Crippen LogP contribution in [-0.4, -0.2) is 16.5 Å². The highest BCUT2D eigenvalue weighted by Crippen LogP contribution is 2.24. The summed E-state index contributed by atoms with van der Waals surface area (Å²) in [6.07, 6.45) is 2.65. The minimum absolute atomic E-state index is 0.146. The molecule has 1 saturated carbocycles. The van der Waals surface area contributed by atoms with E-state index in [-0.39, 0.29) is 5.78 Å². The van der Waals surface area contributed by atoms with Crippen molar-refractivity contribution in [3.05, 3.63) is 12.2 Å². The maximum atomic E-state index is 11.3. The second kappa shape index (κ2) is 3.76. The second-order valence-electron chi connectivity index (χ2n) is 3.52. The molecule has 1 aliphatic carbocycles. The van der Waals surface area contributed by atoms with Gasteiger partial charge in [0.25, 0.3) is 0 Å². The van der Waals surface area contributed by atoms with E-state index in [4.69, 9.17) is 0 Å². The Hall–Kier alpha value is -1.07. The molecule has 0 amide bonds. The van der Waals surface area contributed by atoms with Crippen LogP contribution in [0.25, 0.3) is 0 Å². The molecule has 0 radical (unpaired) electrons. The summed E-state index contributed by atoms with van der Waals surface area (Å²) in [5.41, 5.74) is -0.719. The van der Waals surface area contributed by atoms with Gasteiger partial charge < -0.3 is 5.11 Å². The van der Waals surface area contributed by atoms with Crippen molar-refractivity contribution >= 4 is 5.78 Å². The zero-order valence-corrected chi connectivity index (χ0v) is 7.89. The highest BCUT2D eigenvalue weighted by atomic mass is 16.3. The van der Waals surface area contributed by atoms with Crippen molar-refractivity contribution in [3.8, 4) is 11.8 Å². The fourth-order valence-corrected chi connectivity index (χ4v) is 1.35. The van der Waals surface area contributed by atoms with Gasteiger partial charge in [-0.3, -0.25) is 4.79 Å². The first kappa shape index (κ1) is 10.0. The van der Waals surface area contributed by atoms with Gasteiger partial charge in [0.2, 0.25) is 0 Å². The Balaban J connectivity index is 2.80. The van der Waals surface area contributed by atoms with Gasteiger partial charge in [0.15, 0.2) is 11.4 Å². The van der Waals surface area contributed by atoms with Crippen LogP contribution in [0.2, 0.25) is 0 Å². The molecule has 0 spiro atoms. The molecule has 13 heavy (non-hydrogen) atoms. The minimum Gasteiger partial charge on any atom is -0.371 e. The van der Waals surface area contributed by atoms with Crippen molar-refractivity contribution in [1.82, 2.24) is 0 Å². The van der Waals surface area contributed by atoms with E-state index in [0.717, 1.165) is 12.8 Å². The van der Waals surface area contributed by atoms with Crippen molar-refractivity contribution in [2.24, 2.45) is 0 Å². The van der Waals surface area contributed by atoms with E-state index < -0.39 is 5.60 Å². The fraction of sp³-hybridized carbons (Fsp3) is 0.545. The molecule has 1 atom stereocenters. The van der Waals surface area contributed by atoms with E-state index in [9.17, 15) is 9.90 Å². The standard InChI is InChI=1S/C11H14O2/c1-9(2)6-8-11(13)7-4-3-5-10(11)12/h13H,1,3-5,7H2,2H3. The monoisotopic (exact) mass is 178 g/mol. The van der Waals surface area contributed by atoms with E-state index in [1.807, 2.05) is 0 Å². The number of hydrogen-bond donors (Lipinski definition) is 1. The number of hydrogen-bond acceptors (Lipinski definition) is 2. The predicted octanol–water partition coefficient (Wildman–Crippen LogP) is 1.44. The van der Waals surface area contributed by atoms with E-state index in [2.05, 4.69) is 18.4 Å². The van der Waals surface area contributed by atoms with E-state index in [1.165, 1.54) is 0 Å². The molecule has 0 saturated heterocycles. The maximum absolute atomic E-state index is 11.3. The lowest BCUT2D eigenvalue weighted by atomic mass is 9.84. The van der Waals surface area contributed by atoms with Crippen molar-refractivity contribution in [2.75, 3.05) is 0 Å². The molecule has 0 aromatic rings. The van der Waals surface area contributed by atoms with Crippen molar-refractivity contribution in [3.63, 3.8) is 0 Å². The SMILES string of the molecule is C=C(C)C#CC1(O)CCCCC1=O. The van der Waals surface area contributed by atoms with Gasteiger partial charge in [0, 0.05) is 6.42 Å². The lowest BCUT2D eigenvalue weighted by Crippen LogP contribution is -2.39. The van der Waals surface area contributed by atoms with Crippen LogP contribution in [0.5, 0.6) is 0 Å². The van der Waals surface area contributed by atoms with Gasteiger partial charge in [0.05, 0.1) is 0 Å². The van der Waals surface area contributed by atoms with Crippen molar-refractivity contribution < 1.29 is 9.90 Å². The summed E-state index contributed by atoms with van der Waals surface area (Å²) >= 11 is 0. The highest BCUT2D eigenvalue weighted by Gasteiger charge is 2.35. The number of rotatable bonds is 0. The molecule has 2 heteroatoms. The molecule has 0 aromatic heterocycles. The van der Waals surface area contributed by atoms with E-state index >= 15 is 0 Å². The molecule has 1 N–H and O–H groups in total. The fourth-order valence-electron chi connectivity index (χ4n) is 1.35.